The van der Waals surface area contributed by atoms with Crippen LogP contribution in [0.2, 0.25) is 0 Å². The van der Waals surface area contributed by atoms with E-state index in [4.69, 9.17) is 23.1 Å². The van der Waals surface area contributed by atoms with Crippen LogP contribution >= 0.6 is 11.6 Å². The van der Waals surface area contributed by atoms with Gasteiger partial charge in [0.25, 0.3) is 0 Å². The largest absolute Gasteiger partial charge is 0.405 e. The van der Waals surface area contributed by atoms with Crippen molar-refractivity contribution >= 4 is 17.5 Å². The van der Waals surface area contributed by atoms with E-state index in [1.165, 1.54) is 25.7 Å². The highest BCUT2D eigenvalue weighted by Gasteiger charge is 2.68. The summed E-state index contributed by atoms with van der Waals surface area (Å²) in [5.74, 6) is -0.842. The van der Waals surface area contributed by atoms with Gasteiger partial charge in [0.15, 0.2) is 0 Å². The first-order valence-electron chi connectivity index (χ1n) is 16.9. The van der Waals surface area contributed by atoms with Gasteiger partial charge in [-0.1, -0.05) is 39.0 Å². The Morgan fingerprint density at radius 2 is 1.81 bits per heavy atom. The highest BCUT2D eigenvalue weighted by atomic mass is 35.5. The third-order valence-corrected chi connectivity index (χ3v) is 11.9. The van der Waals surface area contributed by atoms with E-state index in [2.05, 4.69) is 27.8 Å². The van der Waals surface area contributed by atoms with Crippen molar-refractivity contribution in [2.45, 2.75) is 126 Å². The number of nitrogens with one attached hydrogen (secondary N) is 3. The molecule has 0 aromatic rings. The number of nitrogens with zero attached hydrogens (tertiary/aromatic N) is 2. The Labute approximate surface area is 260 Å². The summed E-state index contributed by atoms with van der Waals surface area (Å²) in [5, 5.41) is 9.54. The van der Waals surface area contributed by atoms with Crippen molar-refractivity contribution in [2.24, 2.45) is 28.2 Å². The monoisotopic (exact) mass is 633 g/mol. The van der Waals surface area contributed by atoms with Gasteiger partial charge < -0.3 is 32.3 Å². The first-order valence-corrected chi connectivity index (χ1v) is 17.4. The Bertz CT molecular complexity index is 944. The van der Waals surface area contributed by atoms with Crippen molar-refractivity contribution in [1.82, 2.24) is 25.8 Å². The second-order valence-electron chi connectivity index (χ2n) is 14.4. The van der Waals surface area contributed by atoms with E-state index < -0.39 is 24.3 Å². The number of piperidine rings is 1. The van der Waals surface area contributed by atoms with Gasteiger partial charge in [-0.3, -0.25) is 9.69 Å². The standard InChI is InChI=1S/C31H55ClF3N7O/c1-2-3-4-7-12-41-13-8-24(42-14-11-38-25(19-42)31(33,34)35)23(18-41)40-28(43)26(27(36)37)22-16-30-10-6-5-9-29(30,20-30)15-21(32)17-39-22/h21-27,38-39H,2-20,36-37H2,1H3,(H,40,43). The van der Waals surface area contributed by atoms with Crippen LogP contribution in [0.1, 0.15) is 84.0 Å². The van der Waals surface area contributed by atoms with Crippen molar-refractivity contribution in [2.75, 3.05) is 45.8 Å². The number of likely N-dealkylation sites (tertiary alicyclic amines) is 1. The topological polar surface area (TPSA) is 112 Å². The van der Waals surface area contributed by atoms with Crippen LogP contribution < -0.4 is 27.4 Å². The van der Waals surface area contributed by atoms with Crippen molar-refractivity contribution in [3.63, 3.8) is 0 Å². The lowest BCUT2D eigenvalue weighted by atomic mass is 9.71. The summed E-state index contributed by atoms with van der Waals surface area (Å²) in [7, 11) is 0. The molecule has 8 atom stereocenters. The number of hydrogen-bond acceptors (Lipinski definition) is 7. The summed E-state index contributed by atoms with van der Waals surface area (Å²) < 4.78 is 41.1. The highest BCUT2D eigenvalue weighted by Crippen LogP contribution is 2.76. The Hall–Kier alpha value is -0.690. The molecule has 43 heavy (non-hydrogen) atoms. The van der Waals surface area contributed by atoms with Crippen molar-refractivity contribution in [3.8, 4) is 0 Å². The van der Waals surface area contributed by atoms with Crippen LogP contribution in [-0.2, 0) is 4.79 Å². The van der Waals surface area contributed by atoms with Gasteiger partial charge in [0, 0.05) is 50.2 Å². The number of amides is 1. The number of carbonyl (C=O) groups excluding carboxylic acids is 1. The zero-order valence-corrected chi connectivity index (χ0v) is 26.7. The van der Waals surface area contributed by atoms with Gasteiger partial charge in [-0.05, 0) is 68.9 Å². The van der Waals surface area contributed by atoms with Gasteiger partial charge in [-0.25, -0.2) is 0 Å². The molecule has 0 aromatic carbocycles. The molecule has 5 aliphatic rings. The fraction of sp³-hybridized carbons (Fsp3) is 0.968. The predicted octanol–water partition coefficient (Wildman–Crippen LogP) is 3.13. The molecule has 3 aliphatic heterocycles. The zero-order valence-electron chi connectivity index (χ0n) is 25.9. The fourth-order valence-electron chi connectivity index (χ4n) is 9.29. The Balaban J connectivity index is 1.32. The van der Waals surface area contributed by atoms with E-state index in [0.29, 0.717) is 26.1 Å². The molecule has 5 fully saturated rings. The lowest BCUT2D eigenvalue weighted by Gasteiger charge is -2.47. The Morgan fingerprint density at radius 1 is 1.07 bits per heavy atom. The number of nitrogens with two attached hydrogens (primary N) is 2. The maximum atomic E-state index is 14.2. The molecule has 12 heteroatoms. The molecule has 3 heterocycles. The quantitative estimate of drug-likeness (QED) is 0.143. The van der Waals surface area contributed by atoms with Crippen LogP contribution in [0.5, 0.6) is 0 Å². The molecule has 0 radical (unpaired) electrons. The summed E-state index contributed by atoms with van der Waals surface area (Å²) >= 11 is 6.82. The fourth-order valence-corrected chi connectivity index (χ4v) is 9.68. The summed E-state index contributed by atoms with van der Waals surface area (Å²) in [4.78, 5) is 18.5. The average molecular weight is 634 g/mol. The maximum absolute atomic E-state index is 14.2. The number of piperazine rings is 1. The number of carbonyl (C=O) groups is 1. The second kappa shape index (κ2) is 14.0. The van der Waals surface area contributed by atoms with E-state index >= 15 is 0 Å². The van der Waals surface area contributed by atoms with Crippen molar-refractivity contribution in [1.29, 1.82) is 0 Å². The molecule has 3 saturated heterocycles. The molecule has 7 N–H and O–H groups in total. The van der Waals surface area contributed by atoms with Crippen LogP contribution in [0.15, 0.2) is 0 Å². The molecule has 0 bridgehead atoms. The molecule has 2 aliphatic carbocycles. The Morgan fingerprint density at radius 3 is 2.51 bits per heavy atom. The summed E-state index contributed by atoms with van der Waals surface area (Å²) in [6, 6.07) is -2.24. The van der Waals surface area contributed by atoms with Gasteiger partial charge >= 0.3 is 6.18 Å². The smallest absolute Gasteiger partial charge is 0.350 e. The first kappa shape index (κ1) is 33.7. The number of rotatable bonds is 10. The molecule has 5 rings (SSSR count). The molecular weight excluding hydrogens is 579 g/mol. The van der Waals surface area contributed by atoms with Gasteiger partial charge in [-0.15, -0.1) is 11.6 Å². The number of unbranched alkanes of at least 4 members (excludes halogenated alkanes) is 3. The minimum absolute atomic E-state index is 0.00114. The van der Waals surface area contributed by atoms with E-state index in [0.717, 1.165) is 58.0 Å². The zero-order chi connectivity index (χ0) is 30.8. The summed E-state index contributed by atoms with van der Waals surface area (Å²) in [6.45, 7) is 5.84. The molecule has 8 unspecified atom stereocenters. The molecule has 1 amide bonds. The van der Waals surface area contributed by atoms with E-state index in [1.54, 1.807) is 0 Å². The van der Waals surface area contributed by atoms with Crippen LogP contribution in [0.25, 0.3) is 0 Å². The molecule has 2 saturated carbocycles. The Kier molecular flexibility index (Phi) is 10.9. The van der Waals surface area contributed by atoms with Crippen LogP contribution in [0.3, 0.4) is 0 Å². The van der Waals surface area contributed by atoms with E-state index in [-0.39, 0.29) is 53.3 Å². The normalized spacial score (nSPS) is 38.5. The van der Waals surface area contributed by atoms with Crippen LogP contribution in [-0.4, -0.2) is 103 Å². The van der Waals surface area contributed by atoms with Crippen LogP contribution in [0.4, 0.5) is 13.2 Å². The SMILES string of the molecule is CCCCCCN1CCC(N2CCNC(C(F)(F)F)C2)C(NC(=O)C(C(N)N)C2CC34CCCCC3(CC(Cl)CN2)C4)C1. The predicted molar refractivity (Wildman–Crippen MR) is 165 cm³/mol. The van der Waals surface area contributed by atoms with Gasteiger partial charge in [-0.2, -0.15) is 13.2 Å². The average Bonchev–Trinajstić information content (AvgIpc) is 3.59. The minimum atomic E-state index is -4.31. The third kappa shape index (κ3) is 7.66. The second-order valence-corrected chi connectivity index (χ2v) is 15.1. The molecular formula is C31H55ClF3N7O. The van der Waals surface area contributed by atoms with Crippen molar-refractivity contribution in [3.05, 3.63) is 0 Å². The molecule has 8 nitrogen and oxygen atoms in total. The maximum Gasteiger partial charge on any atom is 0.405 e. The van der Waals surface area contributed by atoms with Crippen molar-refractivity contribution < 1.29 is 18.0 Å². The molecule has 248 valence electrons. The van der Waals surface area contributed by atoms with E-state index in [9.17, 15) is 18.0 Å². The highest BCUT2D eigenvalue weighted by molar-refractivity contribution is 6.20. The van der Waals surface area contributed by atoms with Gasteiger partial charge in [0.05, 0.1) is 18.1 Å². The third-order valence-electron chi connectivity index (χ3n) is 11.6. The number of alkyl halides is 4. The first-order chi connectivity index (χ1) is 20.5. The summed E-state index contributed by atoms with van der Waals surface area (Å²) in [6.07, 6.45) is 7.96. The summed E-state index contributed by atoms with van der Waals surface area (Å²) in [5.41, 5.74) is 13.2. The minimum Gasteiger partial charge on any atom is -0.350 e. The number of hydrogen-bond donors (Lipinski definition) is 5. The lowest BCUT2D eigenvalue weighted by molar-refractivity contribution is -0.168. The molecule has 0 spiro atoms. The molecule has 0 aromatic heterocycles. The number of halogens is 4. The van der Waals surface area contributed by atoms with Gasteiger partial charge in [0.2, 0.25) is 5.91 Å². The van der Waals surface area contributed by atoms with Crippen LogP contribution in [0, 0.1) is 16.7 Å². The lowest BCUT2D eigenvalue weighted by Crippen LogP contribution is -2.67. The van der Waals surface area contributed by atoms with Gasteiger partial charge in [0.1, 0.15) is 6.04 Å². The van der Waals surface area contributed by atoms with E-state index in [1.807, 2.05) is 4.90 Å².